The lowest BCUT2D eigenvalue weighted by molar-refractivity contribution is 0.284. The molecule has 2 aromatic rings. The average molecular weight is 281 g/mol. The molecule has 110 valence electrons. The van der Waals surface area contributed by atoms with Crippen molar-refractivity contribution in [3.05, 3.63) is 53.0 Å². The molecule has 1 fully saturated rings. The minimum atomic E-state index is 0.0183. The minimum Gasteiger partial charge on any atom is -0.373 e. The van der Waals surface area contributed by atoms with Crippen molar-refractivity contribution in [1.29, 1.82) is 0 Å². The van der Waals surface area contributed by atoms with E-state index in [2.05, 4.69) is 49.5 Å². The predicted octanol–water partition coefficient (Wildman–Crippen LogP) is 3.86. The van der Waals surface area contributed by atoms with Crippen LogP contribution in [0.5, 0.6) is 0 Å². The molecule has 1 aliphatic rings. The third kappa shape index (κ3) is 2.21. The highest BCUT2D eigenvalue weighted by atomic mass is 15.0. The number of nitrogens with one attached hydrogen (secondary N) is 1. The van der Waals surface area contributed by atoms with Crippen LogP contribution in [0.3, 0.4) is 0 Å². The molecule has 0 radical (unpaired) electrons. The minimum absolute atomic E-state index is 0.0183. The van der Waals surface area contributed by atoms with E-state index in [9.17, 15) is 0 Å². The van der Waals surface area contributed by atoms with Crippen molar-refractivity contribution in [1.82, 2.24) is 9.97 Å². The molecule has 0 aliphatic heterocycles. The van der Waals surface area contributed by atoms with Gasteiger partial charge in [0.25, 0.3) is 0 Å². The molecule has 0 atom stereocenters. The zero-order valence-electron chi connectivity index (χ0n) is 13.1. The largest absolute Gasteiger partial charge is 0.373 e. The molecule has 0 amide bonds. The maximum atomic E-state index is 4.92. The van der Waals surface area contributed by atoms with Crippen LogP contribution >= 0.6 is 0 Å². The quantitative estimate of drug-likeness (QED) is 0.924. The fourth-order valence-corrected chi connectivity index (χ4v) is 3.29. The Morgan fingerprint density at radius 2 is 1.86 bits per heavy atom. The fourth-order valence-electron chi connectivity index (χ4n) is 3.29. The van der Waals surface area contributed by atoms with Gasteiger partial charge < -0.3 is 5.32 Å². The van der Waals surface area contributed by atoms with Crippen LogP contribution in [-0.2, 0) is 11.8 Å². The average Bonchev–Trinajstić information content (AvgIpc) is 2.48. The summed E-state index contributed by atoms with van der Waals surface area (Å²) in [6.45, 7) is 4.26. The Hall–Kier alpha value is -1.90. The van der Waals surface area contributed by atoms with Crippen LogP contribution in [0.4, 0.5) is 5.82 Å². The van der Waals surface area contributed by atoms with E-state index in [0.29, 0.717) is 0 Å². The second-order valence-corrected chi connectivity index (χ2v) is 5.87. The first-order valence-corrected chi connectivity index (χ1v) is 7.82. The Balaban J connectivity index is 2.14. The normalized spacial score (nSPS) is 16.3. The molecule has 1 aromatic heterocycles. The maximum absolute atomic E-state index is 4.92. The topological polar surface area (TPSA) is 37.8 Å². The van der Waals surface area contributed by atoms with Gasteiger partial charge in [0.2, 0.25) is 0 Å². The van der Waals surface area contributed by atoms with Crippen molar-refractivity contribution in [3.63, 3.8) is 0 Å². The Labute approximate surface area is 126 Å². The zero-order chi connectivity index (χ0) is 14.9. The van der Waals surface area contributed by atoms with Crippen molar-refractivity contribution < 1.29 is 0 Å². The summed E-state index contributed by atoms with van der Waals surface area (Å²) in [7, 11) is 1.94. The van der Waals surface area contributed by atoms with Gasteiger partial charge >= 0.3 is 0 Å². The van der Waals surface area contributed by atoms with Gasteiger partial charge in [-0.1, -0.05) is 43.7 Å². The van der Waals surface area contributed by atoms with Gasteiger partial charge in [0.15, 0.2) is 0 Å². The van der Waals surface area contributed by atoms with Crippen LogP contribution in [0.1, 0.15) is 48.8 Å². The van der Waals surface area contributed by atoms with Gasteiger partial charge in [-0.3, -0.25) is 0 Å². The van der Waals surface area contributed by atoms with E-state index in [4.69, 9.17) is 9.97 Å². The summed E-state index contributed by atoms with van der Waals surface area (Å²) in [6, 6.07) is 10.7. The third-order valence-electron chi connectivity index (χ3n) is 4.78. The van der Waals surface area contributed by atoms with E-state index < -0.39 is 0 Å². The molecule has 1 aromatic carbocycles. The van der Waals surface area contributed by atoms with Crippen molar-refractivity contribution in [2.75, 3.05) is 12.4 Å². The highest BCUT2D eigenvalue weighted by molar-refractivity contribution is 5.48. The number of aromatic nitrogens is 2. The summed E-state index contributed by atoms with van der Waals surface area (Å²) >= 11 is 0. The summed E-state index contributed by atoms with van der Waals surface area (Å²) in [5, 5.41) is 3.23. The lowest BCUT2D eigenvalue weighted by Crippen LogP contribution is -2.38. The van der Waals surface area contributed by atoms with Crippen LogP contribution < -0.4 is 5.32 Å². The van der Waals surface area contributed by atoms with Gasteiger partial charge in [0.1, 0.15) is 11.6 Å². The second kappa shape index (κ2) is 5.47. The Morgan fingerprint density at radius 1 is 1.14 bits per heavy atom. The van der Waals surface area contributed by atoms with Crippen molar-refractivity contribution in [2.45, 2.75) is 44.9 Å². The predicted molar refractivity (Wildman–Crippen MR) is 86.8 cm³/mol. The molecule has 1 saturated carbocycles. The van der Waals surface area contributed by atoms with Gasteiger partial charge in [-0.05, 0) is 31.7 Å². The van der Waals surface area contributed by atoms with Crippen LogP contribution in [0, 0.1) is 6.92 Å². The summed E-state index contributed by atoms with van der Waals surface area (Å²) in [6.07, 6.45) is 4.49. The van der Waals surface area contributed by atoms with E-state index in [-0.39, 0.29) is 5.41 Å². The third-order valence-corrected chi connectivity index (χ3v) is 4.78. The van der Waals surface area contributed by atoms with Crippen molar-refractivity contribution in [3.8, 4) is 0 Å². The lowest BCUT2D eigenvalue weighted by Gasteiger charge is -2.41. The number of benzene rings is 1. The molecule has 1 aliphatic carbocycles. The van der Waals surface area contributed by atoms with Crippen LogP contribution in [0.25, 0.3) is 0 Å². The fraction of sp³-hybridized carbons (Fsp3) is 0.444. The molecule has 3 heteroatoms. The van der Waals surface area contributed by atoms with E-state index >= 15 is 0 Å². The number of nitrogens with zero attached hydrogens (tertiary/aromatic N) is 2. The first-order valence-electron chi connectivity index (χ1n) is 7.82. The number of anilines is 1. The Kier molecular flexibility index (Phi) is 3.66. The summed E-state index contributed by atoms with van der Waals surface area (Å²) in [5.74, 6) is 1.96. The molecule has 0 spiro atoms. The van der Waals surface area contributed by atoms with E-state index in [1.54, 1.807) is 0 Å². The SMILES string of the molecule is CCc1nc(C2(c3ccccc3)CCC2)nc(NC)c1C. The summed E-state index contributed by atoms with van der Waals surface area (Å²) in [4.78, 5) is 9.77. The number of aryl methyl sites for hydroxylation is 1. The summed E-state index contributed by atoms with van der Waals surface area (Å²) in [5.41, 5.74) is 3.70. The van der Waals surface area contributed by atoms with Crippen LogP contribution in [0.15, 0.2) is 30.3 Å². The van der Waals surface area contributed by atoms with E-state index in [1.165, 1.54) is 17.5 Å². The molecule has 3 rings (SSSR count). The molecule has 0 unspecified atom stereocenters. The smallest absolute Gasteiger partial charge is 0.141 e. The van der Waals surface area contributed by atoms with Crippen LogP contribution in [-0.4, -0.2) is 17.0 Å². The standard InChI is InChI=1S/C18H23N3/c1-4-15-13(2)16(19-3)21-17(20-15)18(11-8-12-18)14-9-6-5-7-10-14/h5-7,9-10H,4,8,11-12H2,1-3H3,(H,19,20,21). The van der Waals surface area contributed by atoms with Crippen molar-refractivity contribution in [2.24, 2.45) is 0 Å². The van der Waals surface area contributed by atoms with E-state index in [0.717, 1.165) is 36.6 Å². The second-order valence-electron chi connectivity index (χ2n) is 5.87. The molecule has 3 nitrogen and oxygen atoms in total. The van der Waals surface area contributed by atoms with Gasteiger partial charge in [0.05, 0.1) is 5.41 Å². The zero-order valence-corrected chi connectivity index (χ0v) is 13.1. The number of rotatable bonds is 4. The molecule has 1 N–H and O–H groups in total. The Morgan fingerprint density at radius 3 is 2.38 bits per heavy atom. The molecular formula is C18H23N3. The molecular weight excluding hydrogens is 258 g/mol. The maximum Gasteiger partial charge on any atom is 0.141 e. The number of hydrogen-bond donors (Lipinski definition) is 1. The number of hydrogen-bond acceptors (Lipinski definition) is 3. The van der Waals surface area contributed by atoms with Gasteiger partial charge in [-0.15, -0.1) is 0 Å². The van der Waals surface area contributed by atoms with Crippen molar-refractivity contribution >= 4 is 5.82 Å². The molecule has 1 heterocycles. The Bertz CT molecular complexity index is 605. The monoisotopic (exact) mass is 281 g/mol. The van der Waals surface area contributed by atoms with Crippen LogP contribution in [0.2, 0.25) is 0 Å². The first-order chi connectivity index (χ1) is 10.2. The molecule has 0 bridgehead atoms. The summed E-state index contributed by atoms with van der Waals surface area (Å²) < 4.78 is 0. The highest BCUT2D eigenvalue weighted by Gasteiger charge is 2.43. The highest BCUT2D eigenvalue weighted by Crippen LogP contribution is 2.48. The molecule has 21 heavy (non-hydrogen) atoms. The lowest BCUT2D eigenvalue weighted by atomic mass is 9.64. The van der Waals surface area contributed by atoms with E-state index in [1.807, 2.05) is 7.05 Å². The first kappa shape index (κ1) is 14.1. The van der Waals surface area contributed by atoms with Gasteiger partial charge in [-0.25, -0.2) is 9.97 Å². The van der Waals surface area contributed by atoms with Gasteiger partial charge in [-0.2, -0.15) is 0 Å². The molecule has 0 saturated heterocycles. The van der Waals surface area contributed by atoms with Gasteiger partial charge in [0, 0.05) is 18.3 Å².